The number of guanidine groups is 1. The first-order chi connectivity index (χ1) is 14.2. The highest BCUT2D eigenvalue weighted by molar-refractivity contribution is 14.0. The fourth-order valence-corrected chi connectivity index (χ4v) is 2.85. The zero-order valence-corrected chi connectivity index (χ0v) is 19.3. The molecule has 0 bridgehead atoms. The van der Waals surface area contributed by atoms with Gasteiger partial charge in [-0.25, -0.2) is 9.38 Å². The lowest BCUT2D eigenvalue weighted by Crippen LogP contribution is -2.39. The predicted octanol–water partition coefficient (Wildman–Crippen LogP) is 4.57. The second kappa shape index (κ2) is 12.9. The largest absolute Gasteiger partial charge is 0.497 e. The second-order valence-corrected chi connectivity index (χ2v) is 6.58. The van der Waals surface area contributed by atoms with Gasteiger partial charge in [-0.05, 0) is 53.9 Å². The fraction of sp³-hybridized carbons (Fsp3) is 0.261. The van der Waals surface area contributed by atoms with Crippen LogP contribution in [0, 0.1) is 5.82 Å². The number of rotatable bonds is 9. The Morgan fingerprint density at radius 2 is 1.73 bits per heavy atom. The number of furan rings is 1. The van der Waals surface area contributed by atoms with Crippen LogP contribution in [0.3, 0.4) is 0 Å². The highest BCUT2D eigenvalue weighted by Crippen LogP contribution is 2.12. The first-order valence-corrected chi connectivity index (χ1v) is 9.65. The van der Waals surface area contributed by atoms with Crippen molar-refractivity contribution in [1.29, 1.82) is 0 Å². The normalized spacial score (nSPS) is 10.9. The Balaban J connectivity index is 0.00000320. The van der Waals surface area contributed by atoms with Gasteiger partial charge in [0.1, 0.15) is 17.3 Å². The van der Waals surface area contributed by atoms with E-state index in [1.807, 2.05) is 42.5 Å². The van der Waals surface area contributed by atoms with Gasteiger partial charge in [0.05, 0.1) is 19.9 Å². The molecule has 0 amide bonds. The van der Waals surface area contributed by atoms with Crippen LogP contribution in [0.5, 0.6) is 5.75 Å². The topological polar surface area (TPSA) is 58.8 Å². The third kappa shape index (κ3) is 8.06. The summed E-state index contributed by atoms with van der Waals surface area (Å²) in [5.74, 6) is 2.24. The van der Waals surface area contributed by atoms with Gasteiger partial charge in [0.2, 0.25) is 0 Å². The summed E-state index contributed by atoms with van der Waals surface area (Å²) in [6.07, 6.45) is 3.14. The molecule has 7 heteroatoms. The molecule has 0 aliphatic rings. The SMILES string of the molecule is COc1ccc(CN=C(NCCc2cccc(F)c2)NCCc2ccco2)cc1.I. The maximum absolute atomic E-state index is 13.3. The quantitative estimate of drug-likeness (QED) is 0.245. The molecule has 0 fully saturated rings. The smallest absolute Gasteiger partial charge is 0.191 e. The molecule has 1 aromatic heterocycles. The number of nitrogens with zero attached hydrogens (tertiary/aromatic N) is 1. The molecule has 0 aliphatic heterocycles. The van der Waals surface area contributed by atoms with Crippen molar-refractivity contribution >= 4 is 29.9 Å². The molecule has 160 valence electrons. The molecule has 3 rings (SSSR count). The van der Waals surface area contributed by atoms with E-state index in [2.05, 4.69) is 15.6 Å². The number of hydrogen-bond acceptors (Lipinski definition) is 3. The van der Waals surface area contributed by atoms with Crippen molar-refractivity contribution in [3.63, 3.8) is 0 Å². The van der Waals surface area contributed by atoms with Crippen molar-refractivity contribution in [2.45, 2.75) is 19.4 Å². The molecule has 1 heterocycles. The van der Waals surface area contributed by atoms with Gasteiger partial charge >= 0.3 is 0 Å². The molecule has 0 aliphatic carbocycles. The Morgan fingerprint density at radius 1 is 0.967 bits per heavy atom. The molecular weight excluding hydrogens is 496 g/mol. The van der Waals surface area contributed by atoms with Crippen LogP contribution in [0.15, 0.2) is 76.3 Å². The molecule has 0 saturated heterocycles. The van der Waals surface area contributed by atoms with Crippen molar-refractivity contribution in [3.8, 4) is 5.75 Å². The molecule has 0 atom stereocenters. The fourth-order valence-electron chi connectivity index (χ4n) is 2.85. The maximum atomic E-state index is 13.3. The summed E-state index contributed by atoms with van der Waals surface area (Å²) in [6.45, 7) is 1.89. The van der Waals surface area contributed by atoms with Crippen molar-refractivity contribution in [2.24, 2.45) is 4.99 Å². The van der Waals surface area contributed by atoms with Gasteiger partial charge in [0.15, 0.2) is 5.96 Å². The summed E-state index contributed by atoms with van der Waals surface area (Å²) in [6, 6.07) is 18.3. The van der Waals surface area contributed by atoms with E-state index < -0.39 is 0 Å². The van der Waals surface area contributed by atoms with Crippen LogP contribution in [0.4, 0.5) is 4.39 Å². The number of aliphatic imine (C=N–C) groups is 1. The van der Waals surface area contributed by atoms with Gasteiger partial charge in [-0.15, -0.1) is 24.0 Å². The summed E-state index contributed by atoms with van der Waals surface area (Å²) in [7, 11) is 1.65. The first kappa shape index (κ1) is 23.7. The minimum atomic E-state index is -0.215. The highest BCUT2D eigenvalue weighted by atomic mass is 127. The lowest BCUT2D eigenvalue weighted by Gasteiger charge is -2.12. The maximum Gasteiger partial charge on any atom is 0.191 e. The van der Waals surface area contributed by atoms with E-state index in [1.54, 1.807) is 25.5 Å². The number of benzene rings is 2. The van der Waals surface area contributed by atoms with Gasteiger partial charge < -0.3 is 19.8 Å². The average Bonchev–Trinajstić information content (AvgIpc) is 3.25. The van der Waals surface area contributed by atoms with Gasteiger partial charge in [0.25, 0.3) is 0 Å². The van der Waals surface area contributed by atoms with Crippen LogP contribution in [0.25, 0.3) is 0 Å². The Hall–Kier alpha value is -2.55. The first-order valence-electron chi connectivity index (χ1n) is 9.65. The third-order valence-corrected chi connectivity index (χ3v) is 4.42. The molecule has 3 aromatic rings. The second-order valence-electron chi connectivity index (χ2n) is 6.58. The van der Waals surface area contributed by atoms with E-state index in [1.165, 1.54) is 6.07 Å². The van der Waals surface area contributed by atoms with Crippen molar-refractivity contribution in [1.82, 2.24) is 10.6 Å². The van der Waals surface area contributed by atoms with Crippen LogP contribution in [-0.2, 0) is 19.4 Å². The van der Waals surface area contributed by atoms with Crippen LogP contribution < -0.4 is 15.4 Å². The number of hydrogen-bond donors (Lipinski definition) is 2. The van der Waals surface area contributed by atoms with Crippen LogP contribution >= 0.6 is 24.0 Å². The van der Waals surface area contributed by atoms with E-state index in [9.17, 15) is 4.39 Å². The van der Waals surface area contributed by atoms with E-state index >= 15 is 0 Å². The number of halogens is 2. The van der Waals surface area contributed by atoms with Crippen LogP contribution in [0.2, 0.25) is 0 Å². The molecule has 30 heavy (non-hydrogen) atoms. The van der Waals surface area contributed by atoms with E-state index in [0.717, 1.165) is 29.1 Å². The zero-order valence-electron chi connectivity index (χ0n) is 16.9. The van der Waals surface area contributed by atoms with Crippen molar-refractivity contribution < 1.29 is 13.5 Å². The third-order valence-electron chi connectivity index (χ3n) is 4.42. The summed E-state index contributed by atoms with van der Waals surface area (Å²) in [4.78, 5) is 4.67. The number of methoxy groups -OCH3 is 1. The van der Waals surface area contributed by atoms with Gasteiger partial charge in [0, 0.05) is 19.5 Å². The summed E-state index contributed by atoms with van der Waals surface area (Å²) >= 11 is 0. The minimum Gasteiger partial charge on any atom is -0.497 e. The summed E-state index contributed by atoms with van der Waals surface area (Å²) in [5, 5.41) is 6.65. The van der Waals surface area contributed by atoms with Crippen LogP contribution in [-0.4, -0.2) is 26.2 Å². The summed E-state index contributed by atoms with van der Waals surface area (Å²) < 4.78 is 23.9. The number of nitrogens with one attached hydrogen (secondary N) is 2. The average molecular weight is 523 g/mol. The van der Waals surface area contributed by atoms with Gasteiger partial charge in [-0.1, -0.05) is 24.3 Å². The Kier molecular flexibility index (Phi) is 10.2. The molecular formula is C23H27FIN3O2. The number of ether oxygens (including phenoxy) is 1. The zero-order chi connectivity index (χ0) is 20.3. The Morgan fingerprint density at radius 3 is 2.40 bits per heavy atom. The molecule has 0 spiro atoms. The van der Waals surface area contributed by atoms with Gasteiger partial charge in [-0.3, -0.25) is 0 Å². The molecule has 5 nitrogen and oxygen atoms in total. The molecule has 2 N–H and O–H groups in total. The molecule has 0 unspecified atom stereocenters. The van der Waals surface area contributed by atoms with Crippen LogP contribution in [0.1, 0.15) is 16.9 Å². The standard InChI is InChI=1S/C23H26FN3O2.HI/c1-28-21-9-7-19(8-10-21)17-27-23(26-14-12-22-6-3-15-29-22)25-13-11-18-4-2-5-20(24)16-18;/h2-10,15-16H,11-14,17H2,1H3,(H2,25,26,27);1H. The Labute approximate surface area is 193 Å². The predicted molar refractivity (Wildman–Crippen MR) is 128 cm³/mol. The van der Waals surface area contributed by atoms with E-state index in [0.29, 0.717) is 32.0 Å². The molecule has 0 saturated carbocycles. The van der Waals surface area contributed by atoms with Crippen molar-refractivity contribution in [2.75, 3.05) is 20.2 Å². The summed E-state index contributed by atoms with van der Waals surface area (Å²) in [5.41, 5.74) is 2.03. The van der Waals surface area contributed by atoms with Gasteiger partial charge in [-0.2, -0.15) is 0 Å². The van der Waals surface area contributed by atoms with E-state index in [4.69, 9.17) is 9.15 Å². The monoisotopic (exact) mass is 523 g/mol. The minimum absolute atomic E-state index is 0. The lowest BCUT2D eigenvalue weighted by molar-refractivity contribution is 0.414. The highest BCUT2D eigenvalue weighted by Gasteiger charge is 2.02. The molecule has 0 radical (unpaired) electrons. The molecule has 2 aromatic carbocycles. The Bertz CT molecular complexity index is 899. The lowest BCUT2D eigenvalue weighted by atomic mass is 10.1. The van der Waals surface area contributed by atoms with E-state index in [-0.39, 0.29) is 29.8 Å². The van der Waals surface area contributed by atoms with Crippen molar-refractivity contribution in [3.05, 3.63) is 89.6 Å².